The van der Waals surface area contributed by atoms with Gasteiger partial charge in [0.2, 0.25) is 0 Å². The molecule has 0 saturated carbocycles. The lowest BCUT2D eigenvalue weighted by Gasteiger charge is -2.36. The molecule has 1 unspecified atom stereocenters. The van der Waals surface area contributed by atoms with Crippen LogP contribution in [0.5, 0.6) is 11.5 Å². The molecule has 0 spiro atoms. The molecular weight excluding hydrogens is 462 g/mol. The van der Waals surface area contributed by atoms with Gasteiger partial charge in [-0.3, -0.25) is 9.69 Å². The fourth-order valence-corrected chi connectivity index (χ4v) is 5.97. The Morgan fingerprint density at radius 3 is 2.69 bits per heavy atom. The average molecular weight is 496 g/mol. The third-order valence-electron chi connectivity index (χ3n) is 7.44. The molecule has 1 fully saturated rings. The second-order valence-corrected chi connectivity index (χ2v) is 10.6. The van der Waals surface area contributed by atoms with Crippen LogP contribution < -0.4 is 9.47 Å². The monoisotopic (exact) mass is 495 g/mol. The van der Waals surface area contributed by atoms with Crippen molar-refractivity contribution in [1.29, 1.82) is 0 Å². The number of carbonyl (C=O) groups is 1. The molecule has 6 heteroatoms. The second-order valence-electron chi connectivity index (χ2n) is 10.2. The number of hydrogen-bond acceptors (Lipinski definition) is 5. The molecule has 5 nitrogen and oxygen atoms in total. The Balaban J connectivity index is 1.56. The van der Waals surface area contributed by atoms with Crippen LogP contribution in [0.3, 0.4) is 0 Å². The first-order chi connectivity index (χ1) is 16.9. The number of hydrogen-bond donors (Lipinski definition) is 0. The van der Waals surface area contributed by atoms with Crippen molar-refractivity contribution in [3.8, 4) is 11.5 Å². The van der Waals surface area contributed by atoms with Gasteiger partial charge >= 0.3 is 5.97 Å². The molecule has 1 atom stereocenters. The Hall–Kier alpha value is -2.34. The summed E-state index contributed by atoms with van der Waals surface area (Å²) in [7, 11) is 0. The Bertz CT molecular complexity index is 1150. The van der Waals surface area contributed by atoms with Gasteiger partial charge in [-0.15, -0.1) is 0 Å². The van der Waals surface area contributed by atoms with E-state index in [1.165, 1.54) is 11.1 Å². The molecule has 5 rings (SSSR count). The first-order valence-electron chi connectivity index (χ1n) is 12.7. The summed E-state index contributed by atoms with van der Waals surface area (Å²) >= 11 is 6.33. The zero-order valence-corrected chi connectivity index (χ0v) is 21.6. The van der Waals surface area contributed by atoms with E-state index in [1.807, 2.05) is 18.2 Å². The molecule has 0 amide bonds. The van der Waals surface area contributed by atoms with Gasteiger partial charge in [0.15, 0.2) is 0 Å². The van der Waals surface area contributed by atoms with Crippen molar-refractivity contribution in [2.24, 2.45) is 0 Å². The van der Waals surface area contributed by atoms with Crippen molar-refractivity contribution in [1.82, 2.24) is 4.90 Å². The summed E-state index contributed by atoms with van der Waals surface area (Å²) < 4.78 is 18.1. The van der Waals surface area contributed by atoms with Gasteiger partial charge in [-0.1, -0.05) is 30.7 Å². The zero-order chi connectivity index (χ0) is 24.6. The molecule has 0 aromatic heterocycles. The summed E-state index contributed by atoms with van der Waals surface area (Å²) in [5.41, 5.74) is 5.40. The summed E-state index contributed by atoms with van der Waals surface area (Å²) in [4.78, 5) is 15.2. The number of carbonyl (C=O) groups excluding carboxylic acids is 1. The minimum Gasteiger partial charge on any atom is -0.483 e. The maximum atomic E-state index is 13.1. The molecule has 35 heavy (non-hydrogen) atoms. The van der Waals surface area contributed by atoms with Crippen LogP contribution >= 0.6 is 11.6 Å². The molecule has 0 bridgehead atoms. The fraction of sp³-hybridized carbons (Fsp3) is 0.483. The number of rotatable bonds is 6. The van der Waals surface area contributed by atoms with Crippen LogP contribution in [0.4, 0.5) is 0 Å². The standard InChI is InChI=1S/C29H34ClNO4/c1-4-22(19-7-5-8-21(30)15-19)20-16-25(34-27(32)18-31-11-13-33-14-12-31)28-23-9-6-10-24(23)29(2,3)35-26(28)17-20/h5,7-8,15-17,22H,4,6,9-14,18H2,1-3H3. The van der Waals surface area contributed by atoms with Crippen LogP contribution in [0.25, 0.3) is 5.57 Å². The lowest BCUT2D eigenvalue weighted by molar-refractivity contribution is -0.136. The van der Waals surface area contributed by atoms with E-state index in [2.05, 4.69) is 43.9 Å². The molecule has 2 aliphatic heterocycles. The number of esters is 1. The first-order valence-corrected chi connectivity index (χ1v) is 13.1. The van der Waals surface area contributed by atoms with Gasteiger partial charge in [0, 0.05) is 24.0 Å². The lowest BCUT2D eigenvalue weighted by Crippen LogP contribution is -2.40. The number of benzene rings is 2. The third-order valence-corrected chi connectivity index (χ3v) is 7.68. The predicted molar refractivity (Wildman–Crippen MR) is 138 cm³/mol. The van der Waals surface area contributed by atoms with Crippen molar-refractivity contribution < 1.29 is 19.0 Å². The molecule has 2 heterocycles. The van der Waals surface area contributed by atoms with Crippen LogP contribution in [0.1, 0.15) is 69.1 Å². The van der Waals surface area contributed by atoms with Crippen LogP contribution in [0.2, 0.25) is 5.02 Å². The molecule has 186 valence electrons. The van der Waals surface area contributed by atoms with Crippen molar-refractivity contribution >= 4 is 23.1 Å². The third kappa shape index (κ3) is 5.00. The van der Waals surface area contributed by atoms with E-state index in [1.54, 1.807) is 0 Å². The highest BCUT2D eigenvalue weighted by Gasteiger charge is 2.39. The molecule has 0 radical (unpaired) electrons. The van der Waals surface area contributed by atoms with Crippen molar-refractivity contribution in [3.05, 3.63) is 63.7 Å². The van der Waals surface area contributed by atoms with Crippen LogP contribution in [-0.2, 0) is 9.53 Å². The van der Waals surface area contributed by atoms with E-state index < -0.39 is 0 Å². The van der Waals surface area contributed by atoms with Crippen LogP contribution in [0, 0.1) is 0 Å². The van der Waals surface area contributed by atoms with Crippen molar-refractivity contribution in [2.45, 2.75) is 58.0 Å². The van der Waals surface area contributed by atoms with E-state index in [9.17, 15) is 4.79 Å². The molecule has 3 aliphatic rings. The maximum absolute atomic E-state index is 13.1. The molecule has 2 aromatic rings. The minimum atomic E-state index is -0.371. The maximum Gasteiger partial charge on any atom is 0.325 e. The van der Waals surface area contributed by atoms with E-state index in [-0.39, 0.29) is 24.0 Å². The lowest BCUT2D eigenvalue weighted by atomic mass is 9.84. The molecule has 1 aliphatic carbocycles. The minimum absolute atomic E-state index is 0.112. The Labute approximate surface area is 213 Å². The molecule has 2 aromatic carbocycles. The predicted octanol–water partition coefficient (Wildman–Crippen LogP) is 6.23. The van der Waals surface area contributed by atoms with Crippen molar-refractivity contribution in [2.75, 3.05) is 32.8 Å². The number of morpholine rings is 1. The van der Waals surface area contributed by atoms with Crippen LogP contribution in [-0.4, -0.2) is 49.3 Å². The topological polar surface area (TPSA) is 48.0 Å². The molecular formula is C29H34ClNO4. The summed E-state index contributed by atoms with van der Waals surface area (Å²) in [6.45, 7) is 9.48. The Morgan fingerprint density at radius 1 is 1.14 bits per heavy atom. The summed E-state index contributed by atoms with van der Waals surface area (Å²) in [6.07, 6.45) is 3.98. The number of allylic oxidation sites excluding steroid dienone is 1. The van der Waals surface area contributed by atoms with Gasteiger partial charge in [-0.25, -0.2) is 0 Å². The van der Waals surface area contributed by atoms with Gasteiger partial charge in [0.1, 0.15) is 17.1 Å². The number of ether oxygens (including phenoxy) is 3. The molecule has 1 saturated heterocycles. The largest absolute Gasteiger partial charge is 0.483 e. The Kier molecular flexibility index (Phi) is 6.93. The quantitative estimate of drug-likeness (QED) is 0.351. The van der Waals surface area contributed by atoms with E-state index in [4.69, 9.17) is 25.8 Å². The number of fused-ring (bicyclic) bond motifs is 2. The smallest absolute Gasteiger partial charge is 0.325 e. The van der Waals surface area contributed by atoms with Crippen molar-refractivity contribution in [3.63, 3.8) is 0 Å². The van der Waals surface area contributed by atoms with Gasteiger partial charge in [0.25, 0.3) is 0 Å². The van der Waals surface area contributed by atoms with Crippen LogP contribution in [0.15, 0.2) is 42.0 Å². The summed E-state index contributed by atoms with van der Waals surface area (Å²) in [5, 5.41) is 0.717. The van der Waals surface area contributed by atoms with Gasteiger partial charge in [-0.05, 0) is 86.1 Å². The number of halogens is 1. The highest BCUT2D eigenvalue weighted by molar-refractivity contribution is 6.30. The average Bonchev–Trinajstić information content (AvgIpc) is 3.31. The highest BCUT2D eigenvalue weighted by Crippen LogP contribution is 2.52. The van der Waals surface area contributed by atoms with E-state index in [0.29, 0.717) is 24.0 Å². The first kappa shape index (κ1) is 24.4. The van der Waals surface area contributed by atoms with E-state index in [0.717, 1.165) is 61.2 Å². The normalized spacial score (nSPS) is 20.1. The van der Waals surface area contributed by atoms with E-state index >= 15 is 0 Å². The second kappa shape index (κ2) is 9.96. The SMILES string of the molecule is CCC(c1cccc(Cl)c1)c1cc(OC(=O)CN2CCOCC2)c2c(c1)OC(C)(C)C1=C2CCC1. The summed E-state index contributed by atoms with van der Waals surface area (Å²) in [5.74, 6) is 1.29. The Morgan fingerprint density at radius 2 is 1.94 bits per heavy atom. The number of nitrogens with zero attached hydrogens (tertiary/aromatic N) is 1. The fourth-order valence-electron chi connectivity index (χ4n) is 5.77. The van der Waals surface area contributed by atoms with Gasteiger partial charge in [0.05, 0.1) is 25.3 Å². The van der Waals surface area contributed by atoms with Gasteiger partial charge < -0.3 is 14.2 Å². The highest BCUT2D eigenvalue weighted by atomic mass is 35.5. The zero-order valence-electron chi connectivity index (χ0n) is 20.9. The van der Waals surface area contributed by atoms with Gasteiger partial charge in [-0.2, -0.15) is 0 Å². The summed E-state index contributed by atoms with van der Waals surface area (Å²) in [6, 6.07) is 12.2. The molecule has 0 N–H and O–H groups in total.